The van der Waals surface area contributed by atoms with E-state index in [1.54, 1.807) is 6.08 Å². The molecule has 1 aliphatic heterocycles. The molecule has 0 radical (unpaired) electrons. The van der Waals surface area contributed by atoms with Gasteiger partial charge in [0.05, 0.1) is 6.61 Å². The molecule has 0 amide bonds. The maximum Gasteiger partial charge on any atom is 0.131 e. The Balaban J connectivity index is 1.88. The third-order valence-corrected chi connectivity index (χ3v) is 3.65. The first-order valence-electron chi connectivity index (χ1n) is 6.77. The molecule has 1 aliphatic rings. The van der Waals surface area contributed by atoms with Crippen molar-refractivity contribution < 1.29 is 4.74 Å². The van der Waals surface area contributed by atoms with E-state index < -0.39 is 0 Å². The molecular weight excluding hydrogens is 234 g/mol. The molecule has 0 unspecified atom stereocenters. The predicted octanol–water partition coefficient (Wildman–Crippen LogP) is 2.86. The summed E-state index contributed by atoms with van der Waals surface area (Å²) in [5.74, 6) is 2.84. The molecule has 0 aromatic heterocycles. The van der Waals surface area contributed by atoms with Crippen molar-refractivity contribution in [3.8, 4) is 12.3 Å². The van der Waals surface area contributed by atoms with Gasteiger partial charge in [-0.1, -0.05) is 42.3 Å². The van der Waals surface area contributed by atoms with Gasteiger partial charge in [-0.15, -0.1) is 13.0 Å². The highest BCUT2D eigenvalue weighted by Crippen LogP contribution is 2.26. The number of piperidine rings is 1. The normalized spacial score (nSPS) is 18.7. The number of hydrogen-bond acceptors (Lipinski definition) is 2. The van der Waals surface area contributed by atoms with Crippen molar-refractivity contribution in [3.63, 3.8) is 0 Å². The number of terminal acetylenes is 1. The van der Waals surface area contributed by atoms with Crippen molar-refractivity contribution in [1.29, 1.82) is 0 Å². The number of ether oxygens (including phenoxy) is 1. The van der Waals surface area contributed by atoms with Gasteiger partial charge in [-0.05, 0) is 5.56 Å². The lowest BCUT2D eigenvalue weighted by molar-refractivity contribution is -0.0313. The van der Waals surface area contributed by atoms with Crippen LogP contribution >= 0.6 is 0 Å². The van der Waals surface area contributed by atoms with Crippen LogP contribution in [0.5, 0.6) is 0 Å². The van der Waals surface area contributed by atoms with Crippen molar-refractivity contribution in [1.82, 2.24) is 4.90 Å². The number of rotatable bonds is 5. The molecule has 1 aromatic carbocycles. The summed E-state index contributed by atoms with van der Waals surface area (Å²) in [6, 6.07) is 10.5. The molecule has 2 rings (SSSR count). The van der Waals surface area contributed by atoms with Crippen LogP contribution in [0.15, 0.2) is 43.0 Å². The summed E-state index contributed by atoms with van der Waals surface area (Å²) in [5.41, 5.74) is 0.962. The van der Waals surface area contributed by atoms with Crippen molar-refractivity contribution in [2.24, 2.45) is 0 Å². The summed E-state index contributed by atoms with van der Waals surface area (Å²) in [6.07, 6.45) is 9.19. The van der Waals surface area contributed by atoms with E-state index in [0.29, 0.717) is 6.61 Å². The van der Waals surface area contributed by atoms with Gasteiger partial charge in [0.15, 0.2) is 0 Å². The minimum absolute atomic E-state index is 0.388. The maximum absolute atomic E-state index is 5.79. The molecule has 0 N–H and O–H groups in total. The molecule has 1 aromatic rings. The van der Waals surface area contributed by atoms with Crippen LogP contribution in [0.1, 0.15) is 18.4 Å². The SMILES string of the molecule is C#CC1(OCC=C)CCN(Cc2ccccc2)CC1. The smallest absolute Gasteiger partial charge is 0.131 e. The number of likely N-dealkylation sites (tertiary alicyclic amines) is 1. The topological polar surface area (TPSA) is 12.5 Å². The standard InChI is InChI=1S/C17H21NO/c1-3-14-19-17(4-2)10-12-18(13-11-17)15-16-8-6-5-7-9-16/h2-3,5-9H,1,10-15H2. The van der Waals surface area contributed by atoms with Crippen molar-refractivity contribution in [2.75, 3.05) is 19.7 Å². The molecule has 1 fully saturated rings. The third-order valence-electron chi connectivity index (χ3n) is 3.65. The van der Waals surface area contributed by atoms with Gasteiger partial charge >= 0.3 is 0 Å². The molecule has 1 heterocycles. The molecule has 2 nitrogen and oxygen atoms in total. The van der Waals surface area contributed by atoms with E-state index in [0.717, 1.165) is 32.5 Å². The van der Waals surface area contributed by atoms with Crippen molar-refractivity contribution in [2.45, 2.75) is 25.0 Å². The minimum Gasteiger partial charge on any atom is -0.358 e. The van der Waals surface area contributed by atoms with Crippen LogP contribution in [0, 0.1) is 12.3 Å². The van der Waals surface area contributed by atoms with Gasteiger partial charge in [0.25, 0.3) is 0 Å². The van der Waals surface area contributed by atoms with Gasteiger partial charge in [-0.2, -0.15) is 0 Å². The molecule has 100 valence electrons. The van der Waals surface area contributed by atoms with Crippen LogP contribution in [0.25, 0.3) is 0 Å². The van der Waals surface area contributed by atoms with Gasteiger partial charge in [0.2, 0.25) is 0 Å². The fourth-order valence-electron chi connectivity index (χ4n) is 2.46. The van der Waals surface area contributed by atoms with E-state index in [2.05, 4.69) is 41.7 Å². The summed E-state index contributed by atoms with van der Waals surface area (Å²) in [7, 11) is 0. The quantitative estimate of drug-likeness (QED) is 0.592. The Morgan fingerprint density at radius 3 is 2.58 bits per heavy atom. The first-order valence-corrected chi connectivity index (χ1v) is 6.77. The van der Waals surface area contributed by atoms with E-state index >= 15 is 0 Å². The second-order valence-corrected chi connectivity index (χ2v) is 5.00. The zero-order valence-corrected chi connectivity index (χ0v) is 11.3. The van der Waals surface area contributed by atoms with Gasteiger partial charge < -0.3 is 4.74 Å². The summed E-state index contributed by atoms with van der Waals surface area (Å²) in [5, 5.41) is 0. The van der Waals surface area contributed by atoms with E-state index in [4.69, 9.17) is 11.2 Å². The number of hydrogen-bond donors (Lipinski definition) is 0. The zero-order valence-electron chi connectivity index (χ0n) is 11.3. The number of benzene rings is 1. The third kappa shape index (κ3) is 3.70. The Kier molecular flexibility index (Phi) is 4.79. The molecule has 0 atom stereocenters. The van der Waals surface area contributed by atoms with E-state index in [9.17, 15) is 0 Å². The lowest BCUT2D eigenvalue weighted by atomic mass is 9.91. The lowest BCUT2D eigenvalue weighted by Gasteiger charge is -2.38. The molecule has 0 saturated carbocycles. The molecule has 19 heavy (non-hydrogen) atoms. The number of nitrogens with zero attached hydrogens (tertiary/aromatic N) is 1. The molecule has 0 bridgehead atoms. The summed E-state index contributed by atoms with van der Waals surface area (Å²) < 4.78 is 5.79. The molecule has 1 saturated heterocycles. The lowest BCUT2D eigenvalue weighted by Crippen LogP contribution is -2.45. The fourth-order valence-corrected chi connectivity index (χ4v) is 2.46. The van der Waals surface area contributed by atoms with Crippen molar-refractivity contribution >= 4 is 0 Å². The van der Waals surface area contributed by atoms with Crippen LogP contribution in [-0.4, -0.2) is 30.2 Å². The van der Waals surface area contributed by atoms with Crippen molar-refractivity contribution in [3.05, 3.63) is 48.6 Å². The minimum atomic E-state index is -0.388. The van der Waals surface area contributed by atoms with Crippen LogP contribution in [0.2, 0.25) is 0 Å². The first-order chi connectivity index (χ1) is 9.28. The highest BCUT2D eigenvalue weighted by atomic mass is 16.5. The molecular formula is C17H21NO. The molecule has 2 heteroatoms. The summed E-state index contributed by atoms with van der Waals surface area (Å²) in [6.45, 7) is 7.16. The van der Waals surface area contributed by atoms with Gasteiger partial charge in [-0.25, -0.2) is 0 Å². The highest BCUT2D eigenvalue weighted by Gasteiger charge is 2.33. The fraction of sp³-hybridized carbons (Fsp3) is 0.412. The van der Waals surface area contributed by atoms with Gasteiger partial charge in [0.1, 0.15) is 5.60 Å². The average molecular weight is 255 g/mol. The van der Waals surface area contributed by atoms with Crippen LogP contribution in [-0.2, 0) is 11.3 Å². The monoisotopic (exact) mass is 255 g/mol. The largest absolute Gasteiger partial charge is 0.358 e. The van der Waals surface area contributed by atoms with E-state index in [1.807, 2.05) is 6.07 Å². The predicted molar refractivity (Wildman–Crippen MR) is 78.7 cm³/mol. The van der Waals surface area contributed by atoms with Crippen LogP contribution < -0.4 is 0 Å². The zero-order chi connectivity index (χ0) is 13.6. The second kappa shape index (κ2) is 6.56. The summed E-state index contributed by atoms with van der Waals surface area (Å²) in [4.78, 5) is 2.43. The van der Waals surface area contributed by atoms with Crippen LogP contribution in [0.3, 0.4) is 0 Å². The maximum atomic E-state index is 5.79. The molecule has 0 spiro atoms. The Labute approximate surface area is 116 Å². The summed E-state index contributed by atoms with van der Waals surface area (Å²) >= 11 is 0. The van der Waals surface area contributed by atoms with Gasteiger partial charge in [0, 0.05) is 32.5 Å². The Morgan fingerprint density at radius 2 is 2.00 bits per heavy atom. The second-order valence-electron chi connectivity index (χ2n) is 5.00. The Bertz CT molecular complexity index is 438. The van der Waals surface area contributed by atoms with Gasteiger partial charge in [-0.3, -0.25) is 4.90 Å². The van der Waals surface area contributed by atoms with E-state index in [1.165, 1.54) is 5.56 Å². The van der Waals surface area contributed by atoms with E-state index in [-0.39, 0.29) is 5.60 Å². The first kappa shape index (κ1) is 13.9. The Hall–Kier alpha value is -1.56. The highest BCUT2D eigenvalue weighted by molar-refractivity contribution is 5.16. The molecule has 0 aliphatic carbocycles. The van der Waals surface area contributed by atoms with Crippen LogP contribution in [0.4, 0.5) is 0 Å². The average Bonchev–Trinajstić information content (AvgIpc) is 2.48. The Morgan fingerprint density at radius 1 is 1.32 bits per heavy atom.